The van der Waals surface area contributed by atoms with Crippen molar-refractivity contribution in [1.29, 1.82) is 0 Å². The lowest BCUT2D eigenvalue weighted by Gasteiger charge is -2.19. The van der Waals surface area contributed by atoms with Crippen molar-refractivity contribution in [3.05, 3.63) is 64.9 Å². The summed E-state index contributed by atoms with van der Waals surface area (Å²) >= 11 is 1.72. The summed E-state index contributed by atoms with van der Waals surface area (Å²) in [5.41, 5.74) is 3.50. The Labute approximate surface area is 141 Å². The lowest BCUT2D eigenvalue weighted by atomic mass is 9.88. The smallest absolute Gasteiger partial charge is 0.137 e. The van der Waals surface area contributed by atoms with Crippen molar-refractivity contribution in [3.8, 4) is 16.9 Å². The number of ether oxygens (including phenoxy) is 1. The summed E-state index contributed by atoms with van der Waals surface area (Å²) in [5, 5.41) is 3.22. The van der Waals surface area contributed by atoms with Gasteiger partial charge in [0.15, 0.2) is 0 Å². The molecule has 0 radical (unpaired) electrons. The fraction of sp³-hybridized carbons (Fsp3) is 0.263. The first-order valence-corrected chi connectivity index (χ1v) is 8.55. The van der Waals surface area contributed by atoms with Gasteiger partial charge in [-0.05, 0) is 23.1 Å². The number of thiazole rings is 1. The highest BCUT2D eigenvalue weighted by molar-refractivity contribution is 7.09. The van der Waals surface area contributed by atoms with Crippen LogP contribution in [0.15, 0.2) is 54.3 Å². The zero-order valence-electron chi connectivity index (χ0n) is 13.6. The van der Waals surface area contributed by atoms with E-state index in [1.807, 2.05) is 23.8 Å². The predicted molar refractivity (Wildman–Crippen MR) is 95.0 cm³/mol. The summed E-state index contributed by atoms with van der Waals surface area (Å²) in [6.45, 7) is 4.48. The topological polar surface area (TPSA) is 35.0 Å². The van der Waals surface area contributed by atoms with Crippen LogP contribution in [0.5, 0.6) is 5.75 Å². The second kappa shape index (κ2) is 6.92. The van der Waals surface area contributed by atoms with Gasteiger partial charge in [0.05, 0.1) is 13.3 Å². The van der Waals surface area contributed by atoms with Crippen LogP contribution in [0.3, 0.4) is 0 Å². The molecule has 0 N–H and O–H groups in total. The fourth-order valence-electron chi connectivity index (χ4n) is 2.77. The van der Waals surface area contributed by atoms with Crippen molar-refractivity contribution in [2.75, 3.05) is 7.11 Å². The molecule has 0 amide bonds. The molecule has 118 valence electrons. The molecule has 2 heterocycles. The van der Waals surface area contributed by atoms with Crippen LogP contribution in [0, 0.1) is 5.92 Å². The Morgan fingerprint density at radius 3 is 2.43 bits per heavy atom. The minimum atomic E-state index is 0.340. The molecule has 3 aromatic rings. The molecule has 23 heavy (non-hydrogen) atoms. The van der Waals surface area contributed by atoms with Crippen molar-refractivity contribution in [2.24, 2.45) is 5.92 Å². The van der Waals surface area contributed by atoms with Crippen LogP contribution in [0.4, 0.5) is 0 Å². The standard InChI is InChI=1S/C19H20N2OS/c1-13(2)18(19-21-8-9-23-19)15-6-4-14(5-7-15)16-10-17(22-3)12-20-11-16/h4-13,18H,1-3H3. The molecule has 4 heteroatoms. The van der Waals surface area contributed by atoms with Crippen molar-refractivity contribution < 1.29 is 4.74 Å². The second-order valence-electron chi connectivity index (χ2n) is 5.83. The van der Waals surface area contributed by atoms with Gasteiger partial charge in [0, 0.05) is 29.3 Å². The molecule has 1 unspecified atom stereocenters. The molecule has 1 aromatic carbocycles. The molecule has 0 saturated heterocycles. The molecular weight excluding hydrogens is 304 g/mol. The number of pyridine rings is 1. The van der Waals surface area contributed by atoms with Gasteiger partial charge in [0.2, 0.25) is 0 Å². The maximum Gasteiger partial charge on any atom is 0.137 e. The molecule has 3 rings (SSSR count). The van der Waals surface area contributed by atoms with Crippen LogP contribution < -0.4 is 4.74 Å². The zero-order chi connectivity index (χ0) is 16.2. The van der Waals surface area contributed by atoms with Crippen LogP contribution in [-0.2, 0) is 0 Å². The number of methoxy groups -OCH3 is 1. The Hall–Kier alpha value is -2.20. The normalized spacial score (nSPS) is 12.3. The molecule has 0 aliphatic rings. The third-order valence-corrected chi connectivity index (χ3v) is 4.79. The molecule has 0 fully saturated rings. The summed E-state index contributed by atoms with van der Waals surface area (Å²) < 4.78 is 5.25. The van der Waals surface area contributed by atoms with Crippen molar-refractivity contribution in [3.63, 3.8) is 0 Å². The summed E-state index contributed by atoms with van der Waals surface area (Å²) in [6.07, 6.45) is 5.46. The highest BCUT2D eigenvalue weighted by Crippen LogP contribution is 2.34. The lowest BCUT2D eigenvalue weighted by molar-refractivity contribution is 0.413. The fourth-order valence-corrected chi connectivity index (χ4v) is 3.71. The van der Waals surface area contributed by atoms with E-state index in [9.17, 15) is 0 Å². The Bertz CT molecular complexity index is 751. The van der Waals surface area contributed by atoms with Crippen LogP contribution in [0.2, 0.25) is 0 Å². The second-order valence-corrected chi connectivity index (χ2v) is 6.75. The quantitative estimate of drug-likeness (QED) is 0.662. The number of rotatable bonds is 5. The molecule has 3 nitrogen and oxygen atoms in total. The minimum absolute atomic E-state index is 0.340. The lowest BCUT2D eigenvalue weighted by Crippen LogP contribution is -2.08. The highest BCUT2D eigenvalue weighted by Gasteiger charge is 2.20. The maximum absolute atomic E-state index is 5.25. The van der Waals surface area contributed by atoms with Crippen LogP contribution in [0.1, 0.15) is 30.3 Å². The van der Waals surface area contributed by atoms with Gasteiger partial charge in [0.1, 0.15) is 10.8 Å². The van der Waals surface area contributed by atoms with E-state index >= 15 is 0 Å². The Morgan fingerprint density at radius 2 is 1.83 bits per heavy atom. The van der Waals surface area contributed by atoms with E-state index in [4.69, 9.17) is 4.74 Å². The van der Waals surface area contributed by atoms with Crippen LogP contribution >= 0.6 is 11.3 Å². The van der Waals surface area contributed by atoms with Gasteiger partial charge in [-0.25, -0.2) is 4.98 Å². The highest BCUT2D eigenvalue weighted by atomic mass is 32.1. The number of benzene rings is 1. The molecule has 2 aromatic heterocycles. The first kappa shape index (κ1) is 15.7. The summed E-state index contributed by atoms with van der Waals surface area (Å²) in [7, 11) is 1.66. The van der Waals surface area contributed by atoms with E-state index in [1.165, 1.54) is 10.6 Å². The monoisotopic (exact) mass is 324 g/mol. The summed E-state index contributed by atoms with van der Waals surface area (Å²) in [4.78, 5) is 8.73. The maximum atomic E-state index is 5.25. The molecule has 0 aliphatic heterocycles. The van der Waals surface area contributed by atoms with Crippen LogP contribution in [-0.4, -0.2) is 17.1 Å². The first-order valence-electron chi connectivity index (χ1n) is 7.68. The van der Waals surface area contributed by atoms with E-state index in [2.05, 4.69) is 48.1 Å². The average molecular weight is 324 g/mol. The van der Waals surface area contributed by atoms with Gasteiger partial charge >= 0.3 is 0 Å². The van der Waals surface area contributed by atoms with E-state index < -0.39 is 0 Å². The van der Waals surface area contributed by atoms with Gasteiger partial charge < -0.3 is 4.74 Å². The van der Waals surface area contributed by atoms with E-state index in [0.717, 1.165) is 16.9 Å². The Morgan fingerprint density at radius 1 is 1.04 bits per heavy atom. The molecule has 0 saturated carbocycles. The van der Waals surface area contributed by atoms with Gasteiger partial charge in [-0.15, -0.1) is 11.3 Å². The van der Waals surface area contributed by atoms with E-state index in [1.54, 1.807) is 24.6 Å². The molecular formula is C19H20N2OS. The van der Waals surface area contributed by atoms with Gasteiger partial charge in [-0.1, -0.05) is 38.1 Å². The molecule has 1 atom stereocenters. The minimum Gasteiger partial charge on any atom is -0.495 e. The van der Waals surface area contributed by atoms with Crippen molar-refractivity contribution >= 4 is 11.3 Å². The zero-order valence-corrected chi connectivity index (χ0v) is 14.4. The number of hydrogen-bond acceptors (Lipinski definition) is 4. The third kappa shape index (κ3) is 3.42. The average Bonchev–Trinajstić information content (AvgIpc) is 3.09. The summed E-state index contributed by atoms with van der Waals surface area (Å²) in [5.74, 6) is 1.62. The molecule has 0 bridgehead atoms. The first-order chi connectivity index (χ1) is 11.2. The van der Waals surface area contributed by atoms with E-state index in [-0.39, 0.29) is 0 Å². The summed E-state index contributed by atoms with van der Waals surface area (Å²) in [6, 6.07) is 10.7. The largest absolute Gasteiger partial charge is 0.495 e. The molecule has 0 spiro atoms. The number of nitrogens with zero attached hydrogens (tertiary/aromatic N) is 2. The van der Waals surface area contributed by atoms with Gasteiger partial charge in [-0.2, -0.15) is 0 Å². The number of aromatic nitrogens is 2. The third-order valence-electron chi connectivity index (χ3n) is 3.94. The Balaban J connectivity index is 1.91. The van der Waals surface area contributed by atoms with Gasteiger partial charge in [-0.3, -0.25) is 4.98 Å². The SMILES string of the molecule is COc1cncc(-c2ccc(C(c3nccs3)C(C)C)cc2)c1. The van der Waals surface area contributed by atoms with E-state index in [0.29, 0.717) is 11.8 Å². The predicted octanol–water partition coefficient (Wildman–Crippen LogP) is 5.00. The van der Waals surface area contributed by atoms with Gasteiger partial charge in [0.25, 0.3) is 0 Å². The van der Waals surface area contributed by atoms with Crippen LogP contribution in [0.25, 0.3) is 11.1 Å². The number of hydrogen-bond donors (Lipinski definition) is 0. The molecule has 0 aliphatic carbocycles. The Kier molecular flexibility index (Phi) is 4.72. The van der Waals surface area contributed by atoms with Crippen molar-refractivity contribution in [1.82, 2.24) is 9.97 Å². The van der Waals surface area contributed by atoms with Crippen molar-refractivity contribution in [2.45, 2.75) is 19.8 Å².